The van der Waals surface area contributed by atoms with Gasteiger partial charge in [0.15, 0.2) is 0 Å². The van der Waals surface area contributed by atoms with Crippen LogP contribution in [0.4, 0.5) is 4.39 Å². The Morgan fingerprint density at radius 2 is 1.89 bits per heavy atom. The molecule has 18 heavy (non-hydrogen) atoms. The Labute approximate surface area is 108 Å². The number of hydrogen-bond donors (Lipinski definition) is 2. The standard InChI is InChI=1S/C15H22FNO/c1-11(17-10-12-4-2-3-5-12)15(18)13-6-8-14(16)9-7-13/h6-9,11-12,15,17-18H,2-5,10H2,1H3. The van der Waals surface area contributed by atoms with Crippen molar-refractivity contribution >= 4 is 0 Å². The molecule has 1 saturated carbocycles. The summed E-state index contributed by atoms with van der Waals surface area (Å²) < 4.78 is 12.8. The summed E-state index contributed by atoms with van der Waals surface area (Å²) in [6, 6.07) is 6.07. The molecule has 0 aliphatic heterocycles. The van der Waals surface area contributed by atoms with Crippen molar-refractivity contribution in [2.24, 2.45) is 5.92 Å². The van der Waals surface area contributed by atoms with Gasteiger partial charge in [0.25, 0.3) is 0 Å². The van der Waals surface area contributed by atoms with Crippen LogP contribution in [0.3, 0.4) is 0 Å². The first-order valence-electron chi connectivity index (χ1n) is 6.83. The average molecular weight is 251 g/mol. The van der Waals surface area contributed by atoms with Crippen molar-refractivity contribution in [3.8, 4) is 0 Å². The molecule has 0 radical (unpaired) electrons. The van der Waals surface area contributed by atoms with E-state index < -0.39 is 6.10 Å². The molecule has 3 heteroatoms. The zero-order valence-electron chi connectivity index (χ0n) is 10.9. The Morgan fingerprint density at radius 3 is 2.50 bits per heavy atom. The van der Waals surface area contributed by atoms with E-state index in [0.717, 1.165) is 18.0 Å². The molecule has 1 aromatic carbocycles. The average Bonchev–Trinajstić information content (AvgIpc) is 2.89. The summed E-state index contributed by atoms with van der Waals surface area (Å²) in [5.41, 5.74) is 0.767. The number of aliphatic hydroxyl groups is 1. The van der Waals surface area contributed by atoms with Gasteiger partial charge in [0.1, 0.15) is 5.82 Å². The fraction of sp³-hybridized carbons (Fsp3) is 0.600. The third-order valence-corrected chi connectivity index (χ3v) is 3.89. The fourth-order valence-electron chi connectivity index (χ4n) is 2.63. The first kappa shape index (κ1) is 13.5. The summed E-state index contributed by atoms with van der Waals surface area (Å²) in [5, 5.41) is 13.6. The third-order valence-electron chi connectivity index (χ3n) is 3.89. The van der Waals surface area contributed by atoms with Crippen molar-refractivity contribution < 1.29 is 9.50 Å². The minimum absolute atomic E-state index is 0.00365. The maximum absolute atomic E-state index is 12.8. The lowest BCUT2D eigenvalue weighted by molar-refractivity contribution is 0.133. The Morgan fingerprint density at radius 1 is 1.28 bits per heavy atom. The molecule has 0 aromatic heterocycles. The predicted molar refractivity (Wildman–Crippen MR) is 70.8 cm³/mol. The fourth-order valence-corrected chi connectivity index (χ4v) is 2.63. The van der Waals surface area contributed by atoms with Gasteiger partial charge in [-0.1, -0.05) is 25.0 Å². The maximum Gasteiger partial charge on any atom is 0.123 e. The second-order valence-electron chi connectivity index (χ2n) is 5.34. The van der Waals surface area contributed by atoms with Crippen molar-refractivity contribution in [3.63, 3.8) is 0 Å². The van der Waals surface area contributed by atoms with E-state index in [2.05, 4.69) is 5.32 Å². The molecule has 0 spiro atoms. The minimum Gasteiger partial charge on any atom is -0.387 e. The summed E-state index contributed by atoms with van der Waals surface area (Å²) in [7, 11) is 0. The Hall–Kier alpha value is -0.930. The van der Waals surface area contributed by atoms with Crippen molar-refractivity contribution in [2.45, 2.75) is 44.8 Å². The molecule has 1 aromatic rings. The highest BCUT2D eigenvalue weighted by molar-refractivity contribution is 5.19. The second-order valence-corrected chi connectivity index (χ2v) is 5.34. The zero-order chi connectivity index (χ0) is 13.0. The number of benzene rings is 1. The van der Waals surface area contributed by atoms with Crippen LogP contribution >= 0.6 is 0 Å². The zero-order valence-corrected chi connectivity index (χ0v) is 10.9. The second kappa shape index (κ2) is 6.30. The summed E-state index contributed by atoms with van der Waals surface area (Å²) in [5.74, 6) is 0.491. The molecule has 1 aliphatic rings. The van der Waals surface area contributed by atoms with Gasteiger partial charge in [-0.2, -0.15) is 0 Å². The first-order valence-corrected chi connectivity index (χ1v) is 6.83. The molecule has 2 N–H and O–H groups in total. The molecule has 2 nitrogen and oxygen atoms in total. The third kappa shape index (κ3) is 3.53. The van der Waals surface area contributed by atoms with Crippen LogP contribution in [-0.2, 0) is 0 Å². The van der Waals surface area contributed by atoms with Gasteiger partial charge in [-0.15, -0.1) is 0 Å². The van der Waals surface area contributed by atoms with E-state index in [1.54, 1.807) is 12.1 Å². The first-order chi connectivity index (χ1) is 8.66. The molecule has 100 valence electrons. The molecule has 1 fully saturated rings. The summed E-state index contributed by atoms with van der Waals surface area (Å²) in [6.45, 7) is 2.95. The maximum atomic E-state index is 12.8. The minimum atomic E-state index is -0.577. The monoisotopic (exact) mass is 251 g/mol. The lowest BCUT2D eigenvalue weighted by atomic mass is 10.0. The van der Waals surface area contributed by atoms with Gasteiger partial charge < -0.3 is 10.4 Å². The van der Waals surface area contributed by atoms with Gasteiger partial charge >= 0.3 is 0 Å². The number of rotatable bonds is 5. The van der Waals surface area contributed by atoms with E-state index in [1.165, 1.54) is 37.8 Å². The van der Waals surface area contributed by atoms with Gasteiger partial charge in [0.05, 0.1) is 6.10 Å². The van der Waals surface area contributed by atoms with Gasteiger partial charge in [-0.05, 0) is 49.9 Å². The summed E-state index contributed by atoms with van der Waals surface area (Å²) in [6.07, 6.45) is 4.69. The Kier molecular flexibility index (Phi) is 4.72. The van der Waals surface area contributed by atoms with Gasteiger partial charge in [0, 0.05) is 6.04 Å². The van der Waals surface area contributed by atoms with Crippen LogP contribution in [0.1, 0.15) is 44.3 Å². The smallest absolute Gasteiger partial charge is 0.123 e. The predicted octanol–water partition coefficient (Wildman–Crippen LogP) is 3.03. The van der Waals surface area contributed by atoms with E-state index in [9.17, 15) is 9.50 Å². The lowest BCUT2D eigenvalue weighted by Gasteiger charge is -2.22. The lowest BCUT2D eigenvalue weighted by Crippen LogP contribution is -2.35. The van der Waals surface area contributed by atoms with Gasteiger partial charge in [-0.25, -0.2) is 4.39 Å². The Balaban J connectivity index is 1.83. The molecule has 0 saturated heterocycles. The van der Waals surface area contributed by atoms with Crippen LogP contribution in [0.15, 0.2) is 24.3 Å². The number of aliphatic hydroxyl groups excluding tert-OH is 1. The number of halogens is 1. The van der Waals surface area contributed by atoms with Gasteiger partial charge in [-0.3, -0.25) is 0 Å². The molecule has 0 heterocycles. The van der Waals surface area contributed by atoms with Crippen LogP contribution in [0, 0.1) is 11.7 Å². The molecular formula is C15H22FNO. The van der Waals surface area contributed by atoms with Gasteiger partial charge in [0.2, 0.25) is 0 Å². The SMILES string of the molecule is CC(NCC1CCCC1)C(O)c1ccc(F)cc1. The van der Waals surface area contributed by atoms with Crippen molar-refractivity contribution in [3.05, 3.63) is 35.6 Å². The largest absolute Gasteiger partial charge is 0.387 e. The molecule has 2 rings (SSSR count). The van der Waals surface area contributed by atoms with E-state index in [0.29, 0.717) is 0 Å². The molecule has 0 bridgehead atoms. The van der Waals surface area contributed by atoms with Crippen LogP contribution in [0.25, 0.3) is 0 Å². The number of nitrogens with one attached hydrogen (secondary N) is 1. The van der Waals surface area contributed by atoms with Crippen LogP contribution in [-0.4, -0.2) is 17.7 Å². The highest BCUT2D eigenvalue weighted by Gasteiger charge is 2.19. The number of hydrogen-bond acceptors (Lipinski definition) is 2. The van der Waals surface area contributed by atoms with Crippen LogP contribution in [0.2, 0.25) is 0 Å². The highest BCUT2D eigenvalue weighted by atomic mass is 19.1. The summed E-state index contributed by atoms with van der Waals surface area (Å²) >= 11 is 0. The quantitative estimate of drug-likeness (QED) is 0.843. The topological polar surface area (TPSA) is 32.3 Å². The van der Waals surface area contributed by atoms with Crippen molar-refractivity contribution in [2.75, 3.05) is 6.54 Å². The normalized spacial score (nSPS) is 19.9. The molecule has 0 amide bonds. The molecule has 2 unspecified atom stereocenters. The Bertz CT molecular complexity index is 359. The van der Waals surface area contributed by atoms with Crippen LogP contribution < -0.4 is 5.32 Å². The van der Waals surface area contributed by atoms with E-state index in [-0.39, 0.29) is 11.9 Å². The van der Waals surface area contributed by atoms with E-state index in [4.69, 9.17) is 0 Å². The molecule has 2 atom stereocenters. The van der Waals surface area contributed by atoms with E-state index in [1.807, 2.05) is 6.92 Å². The molecular weight excluding hydrogens is 229 g/mol. The van der Waals surface area contributed by atoms with Crippen LogP contribution in [0.5, 0.6) is 0 Å². The van der Waals surface area contributed by atoms with Crippen molar-refractivity contribution in [1.29, 1.82) is 0 Å². The van der Waals surface area contributed by atoms with E-state index >= 15 is 0 Å². The van der Waals surface area contributed by atoms with Crippen molar-refractivity contribution in [1.82, 2.24) is 5.32 Å². The summed E-state index contributed by atoms with van der Waals surface area (Å²) in [4.78, 5) is 0. The highest BCUT2D eigenvalue weighted by Crippen LogP contribution is 2.24. The molecule has 1 aliphatic carbocycles.